The first kappa shape index (κ1) is 13.3. The van der Waals surface area contributed by atoms with Crippen LogP contribution in [0.2, 0.25) is 0 Å². The van der Waals surface area contributed by atoms with Crippen LogP contribution in [0.1, 0.15) is 26.7 Å². The molecule has 0 radical (unpaired) electrons. The van der Waals surface area contributed by atoms with Gasteiger partial charge in [-0.2, -0.15) is 5.10 Å². The third-order valence-electron chi connectivity index (χ3n) is 2.28. The van der Waals surface area contributed by atoms with Crippen molar-refractivity contribution < 1.29 is 0 Å². The lowest BCUT2D eigenvalue weighted by Crippen LogP contribution is -2.23. The van der Waals surface area contributed by atoms with E-state index in [0.29, 0.717) is 18.9 Å². The maximum absolute atomic E-state index is 11.7. The van der Waals surface area contributed by atoms with E-state index in [1.165, 1.54) is 4.68 Å². The van der Waals surface area contributed by atoms with E-state index < -0.39 is 0 Å². The second-order valence-corrected chi connectivity index (χ2v) is 4.39. The highest BCUT2D eigenvalue weighted by molar-refractivity contribution is 5.38. The lowest BCUT2D eigenvalue weighted by atomic mass is 10.2. The van der Waals surface area contributed by atoms with Gasteiger partial charge in [0.1, 0.15) is 0 Å². The summed E-state index contributed by atoms with van der Waals surface area (Å²) < 4.78 is 1.44. The van der Waals surface area contributed by atoms with Crippen LogP contribution in [-0.2, 0) is 6.54 Å². The number of hydrogen-bond donors (Lipinski definition) is 1. The normalized spacial score (nSPS) is 10.2. The Hall–Kier alpha value is -1.76. The van der Waals surface area contributed by atoms with Gasteiger partial charge in [-0.15, -0.1) is 12.3 Å². The van der Waals surface area contributed by atoms with E-state index in [1.807, 2.05) is 0 Å². The van der Waals surface area contributed by atoms with Gasteiger partial charge in [-0.05, 0) is 12.3 Å². The number of anilines is 1. The highest BCUT2D eigenvalue weighted by Gasteiger charge is 2.00. The Morgan fingerprint density at radius 3 is 2.94 bits per heavy atom. The van der Waals surface area contributed by atoms with E-state index in [1.54, 1.807) is 12.3 Å². The van der Waals surface area contributed by atoms with Gasteiger partial charge in [0.2, 0.25) is 0 Å². The predicted molar refractivity (Wildman–Crippen MR) is 69.9 cm³/mol. The van der Waals surface area contributed by atoms with E-state index in [0.717, 1.165) is 18.7 Å². The van der Waals surface area contributed by atoms with Crippen molar-refractivity contribution in [2.45, 2.75) is 33.2 Å². The van der Waals surface area contributed by atoms with Gasteiger partial charge >= 0.3 is 0 Å². The molecule has 4 nitrogen and oxygen atoms in total. The molecule has 0 spiro atoms. The molecule has 4 heteroatoms. The van der Waals surface area contributed by atoms with Crippen molar-refractivity contribution in [3.8, 4) is 12.3 Å². The smallest absolute Gasteiger partial charge is 0.268 e. The summed E-state index contributed by atoms with van der Waals surface area (Å²) in [6.45, 7) is 5.64. The molecular weight excluding hydrogens is 214 g/mol. The SMILES string of the molecule is C#CCCCn1ncc(NCC(C)C)cc1=O. The maximum atomic E-state index is 11.7. The molecule has 0 aliphatic rings. The van der Waals surface area contributed by atoms with Crippen molar-refractivity contribution in [3.63, 3.8) is 0 Å². The lowest BCUT2D eigenvalue weighted by molar-refractivity contribution is 0.555. The van der Waals surface area contributed by atoms with Crippen LogP contribution in [0.25, 0.3) is 0 Å². The van der Waals surface area contributed by atoms with Crippen LogP contribution >= 0.6 is 0 Å². The number of aromatic nitrogens is 2. The fourth-order valence-electron chi connectivity index (χ4n) is 1.35. The zero-order valence-corrected chi connectivity index (χ0v) is 10.4. The minimum atomic E-state index is -0.0872. The summed E-state index contributed by atoms with van der Waals surface area (Å²) in [5.41, 5.74) is 0.688. The van der Waals surface area contributed by atoms with Crippen LogP contribution in [0, 0.1) is 18.3 Å². The topological polar surface area (TPSA) is 46.9 Å². The Bertz CT molecular complexity index is 443. The molecule has 0 aliphatic heterocycles. The summed E-state index contributed by atoms with van der Waals surface area (Å²) >= 11 is 0. The summed E-state index contributed by atoms with van der Waals surface area (Å²) in [6.07, 6.45) is 8.28. The predicted octanol–water partition coefficient (Wildman–Crippen LogP) is 1.72. The van der Waals surface area contributed by atoms with Gasteiger partial charge in [-0.25, -0.2) is 4.68 Å². The molecule has 0 saturated carbocycles. The molecule has 17 heavy (non-hydrogen) atoms. The minimum absolute atomic E-state index is 0.0872. The molecule has 0 fully saturated rings. The van der Waals surface area contributed by atoms with Gasteiger partial charge in [0.25, 0.3) is 5.56 Å². The number of terminal acetylenes is 1. The number of nitrogens with one attached hydrogen (secondary N) is 1. The largest absolute Gasteiger partial charge is 0.383 e. The van der Waals surface area contributed by atoms with Crippen LogP contribution in [-0.4, -0.2) is 16.3 Å². The summed E-state index contributed by atoms with van der Waals surface area (Å²) in [7, 11) is 0. The second kappa shape index (κ2) is 6.74. The summed E-state index contributed by atoms with van der Waals surface area (Å²) in [6, 6.07) is 1.57. The zero-order valence-electron chi connectivity index (χ0n) is 10.4. The monoisotopic (exact) mass is 233 g/mol. The highest BCUT2D eigenvalue weighted by Crippen LogP contribution is 2.02. The molecule has 1 rings (SSSR count). The molecule has 0 saturated heterocycles. The first-order chi connectivity index (χ1) is 8.13. The van der Waals surface area contributed by atoms with Gasteiger partial charge in [0, 0.05) is 25.6 Å². The van der Waals surface area contributed by atoms with E-state index in [4.69, 9.17) is 6.42 Å². The molecule has 0 aromatic carbocycles. The van der Waals surface area contributed by atoms with Crippen LogP contribution in [0.5, 0.6) is 0 Å². The lowest BCUT2D eigenvalue weighted by Gasteiger charge is -2.09. The van der Waals surface area contributed by atoms with Gasteiger partial charge < -0.3 is 5.32 Å². The Balaban J connectivity index is 2.60. The number of aryl methyl sites for hydroxylation is 1. The van der Waals surface area contributed by atoms with Gasteiger partial charge in [-0.3, -0.25) is 4.79 Å². The third kappa shape index (κ3) is 4.73. The average Bonchev–Trinajstić information content (AvgIpc) is 2.29. The van der Waals surface area contributed by atoms with Crippen LogP contribution in [0.4, 0.5) is 5.69 Å². The molecule has 1 heterocycles. The zero-order chi connectivity index (χ0) is 12.7. The van der Waals surface area contributed by atoms with Gasteiger partial charge in [0.15, 0.2) is 0 Å². The van der Waals surface area contributed by atoms with Crippen molar-refractivity contribution in [1.29, 1.82) is 0 Å². The van der Waals surface area contributed by atoms with Crippen molar-refractivity contribution in [1.82, 2.24) is 9.78 Å². The van der Waals surface area contributed by atoms with Crippen molar-refractivity contribution in [3.05, 3.63) is 22.6 Å². The molecule has 0 aliphatic carbocycles. The Kier molecular flexibility index (Phi) is 5.28. The van der Waals surface area contributed by atoms with E-state index >= 15 is 0 Å². The third-order valence-corrected chi connectivity index (χ3v) is 2.28. The van der Waals surface area contributed by atoms with Crippen LogP contribution < -0.4 is 10.9 Å². The fourth-order valence-corrected chi connectivity index (χ4v) is 1.35. The van der Waals surface area contributed by atoms with Crippen molar-refractivity contribution >= 4 is 5.69 Å². The van der Waals surface area contributed by atoms with Crippen molar-refractivity contribution in [2.75, 3.05) is 11.9 Å². The maximum Gasteiger partial charge on any atom is 0.268 e. The van der Waals surface area contributed by atoms with Crippen LogP contribution in [0.3, 0.4) is 0 Å². The molecular formula is C13H19N3O. The Morgan fingerprint density at radius 1 is 1.59 bits per heavy atom. The molecule has 1 aromatic rings. The highest BCUT2D eigenvalue weighted by atomic mass is 16.1. The number of rotatable bonds is 6. The minimum Gasteiger partial charge on any atom is -0.383 e. The molecule has 0 atom stereocenters. The second-order valence-electron chi connectivity index (χ2n) is 4.39. The Labute approximate surface area is 102 Å². The summed E-state index contributed by atoms with van der Waals surface area (Å²) in [5.74, 6) is 3.08. The molecule has 0 amide bonds. The quantitative estimate of drug-likeness (QED) is 0.601. The van der Waals surface area contributed by atoms with Gasteiger partial charge in [0.05, 0.1) is 11.9 Å². The van der Waals surface area contributed by atoms with Gasteiger partial charge in [-0.1, -0.05) is 13.8 Å². The number of unbranched alkanes of at least 4 members (excludes halogenated alkanes) is 1. The summed E-state index contributed by atoms with van der Waals surface area (Å²) in [5, 5.41) is 7.27. The molecule has 0 bridgehead atoms. The average molecular weight is 233 g/mol. The Morgan fingerprint density at radius 2 is 2.35 bits per heavy atom. The van der Waals surface area contributed by atoms with Crippen molar-refractivity contribution in [2.24, 2.45) is 5.92 Å². The van der Waals surface area contributed by atoms with E-state index in [9.17, 15) is 4.79 Å². The number of nitrogens with zero attached hydrogens (tertiary/aromatic N) is 2. The van der Waals surface area contributed by atoms with Crippen LogP contribution in [0.15, 0.2) is 17.1 Å². The summed E-state index contributed by atoms with van der Waals surface area (Å²) in [4.78, 5) is 11.7. The molecule has 1 aromatic heterocycles. The molecule has 0 unspecified atom stereocenters. The van der Waals surface area contributed by atoms with E-state index in [-0.39, 0.29) is 5.56 Å². The molecule has 92 valence electrons. The van der Waals surface area contributed by atoms with E-state index in [2.05, 4.69) is 30.2 Å². The standard InChI is InChI=1S/C13H19N3O/c1-4-5-6-7-16-13(17)8-12(10-15-16)14-9-11(2)3/h1,8,10-11,14H,5-7,9H2,2-3H3. The first-order valence-corrected chi connectivity index (χ1v) is 5.88. The number of hydrogen-bond acceptors (Lipinski definition) is 3. The fraction of sp³-hybridized carbons (Fsp3) is 0.538. The molecule has 1 N–H and O–H groups in total. The first-order valence-electron chi connectivity index (χ1n) is 5.88.